The van der Waals surface area contributed by atoms with Gasteiger partial charge in [-0.3, -0.25) is 4.79 Å². The van der Waals surface area contributed by atoms with Crippen LogP contribution >= 0.6 is 27.3 Å². The van der Waals surface area contributed by atoms with Crippen LogP contribution in [-0.2, 0) is 4.74 Å². The normalized spacial score (nSPS) is 21.1. The molecule has 1 fully saturated rings. The van der Waals surface area contributed by atoms with E-state index < -0.39 is 0 Å². The molecule has 14 heavy (non-hydrogen) atoms. The van der Waals surface area contributed by atoms with Crippen molar-refractivity contribution in [1.29, 1.82) is 0 Å². The van der Waals surface area contributed by atoms with Gasteiger partial charge in [-0.05, 0) is 28.4 Å². The molecule has 1 aliphatic rings. The Labute approximate surface area is 94.6 Å². The lowest BCUT2D eigenvalue weighted by Crippen LogP contribution is -2.34. The number of nitrogens with one attached hydrogen (secondary N) is 1. The van der Waals surface area contributed by atoms with E-state index in [1.54, 1.807) is 0 Å². The number of ether oxygens (including phenoxy) is 1. The molecule has 1 atom stereocenters. The summed E-state index contributed by atoms with van der Waals surface area (Å²) in [6, 6.07) is 2.01. The molecule has 5 heteroatoms. The number of thiophene rings is 1. The van der Waals surface area contributed by atoms with Gasteiger partial charge < -0.3 is 10.1 Å². The number of halogens is 1. The molecule has 3 nitrogen and oxygen atoms in total. The highest BCUT2D eigenvalue weighted by molar-refractivity contribution is 9.11. The largest absolute Gasteiger partial charge is 0.379 e. The Bertz CT molecular complexity index is 333. The third-order valence-electron chi connectivity index (χ3n) is 2.09. The van der Waals surface area contributed by atoms with Crippen LogP contribution in [0.2, 0.25) is 0 Å². The minimum absolute atomic E-state index is 0.0116. The van der Waals surface area contributed by atoms with Crippen LogP contribution in [0.3, 0.4) is 0 Å². The standard InChI is InChI=1S/C9H10BrNO2S/c10-8-3-6(5-14-8)9(12)11-7-1-2-13-4-7/h3,5,7H,1-2,4H2,(H,11,12). The summed E-state index contributed by atoms with van der Waals surface area (Å²) in [5.74, 6) is -0.0116. The maximum absolute atomic E-state index is 11.6. The molecule has 1 aromatic heterocycles. The fourth-order valence-electron chi connectivity index (χ4n) is 1.35. The molecule has 1 aromatic rings. The third kappa shape index (κ3) is 2.34. The van der Waals surface area contributed by atoms with Gasteiger partial charge in [0, 0.05) is 12.0 Å². The first-order valence-corrected chi connectivity index (χ1v) is 6.05. The fourth-order valence-corrected chi connectivity index (χ4v) is 2.48. The van der Waals surface area contributed by atoms with Crippen molar-refractivity contribution in [2.24, 2.45) is 0 Å². The maximum atomic E-state index is 11.6. The number of carbonyl (C=O) groups is 1. The van der Waals surface area contributed by atoms with Crippen LogP contribution in [0.4, 0.5) is 0 Å². The van der Waals surface area contributed by atoms with E-state index >= 15 is 0 Å². The zero-order valence-electron chi connectivity index (χ0n) is 7.46. The van der Waals surface area contributed by atoms with Gasteiger partial charge in [0.25, 0.3) is 5.91 Å². The van der Waals surface area contributed by atoms with Crippen molar-refractivity contribution < 1.29 is 9.53 Å². The molecule has 1 unspecified atom stereocenters. The van der Waals surface area contributed by atoms with Crippen molar-refractivity contribution in [1.82, 2.24) is 5.32 Å². The summed E-state index contributed by atoms with van der Waals surface area (Å²) in [6.07, 6.45) is 0.914. The highest BCUT2D eigenvalue weighted by Gasteiger charge is 2.18. The summed E-state index contributed by atoms with van der Waals surface area (Å²) in [7, 11) is 0. The van der Waals surface area contributed by atoms with Crippen LogP contribution in [-0.4, -0.2) is 25.2 Å². The molecule has 1 aliphatic heterocycles. The topological polar surface area (TPSA) is 38.3 Å². The SMILES string of the molecule is O=C(NC1CCOC1)c1csc(Br)c1. The lowest BCUT2D eigenvalue weighted by atomic mass is 10.2. The lowest BCUT2D eigenvalue weighted by Gasteiger charge is -2.08. The van der Waals surface area contributed by atoms with Crippen molar-refractivity contribution in [2.75, 3.05) is 13.2 Å². The van der Waals surface area contributed by atoms with Crippen molar-refractivity contribution in [2.45, 2.75) is 12.5 Å². The zero-order valence-corrected chi connectivity index (χ0v) is 9.86. The van der Waals surface area contributed by atoms with E-state index in [0.717, 1.165) is 16.8 Å². The molecule has 1 N–H and O–H groups in total. The molecule has 0 bridgehead atoms. The first kappa shape index (κ1) is 10.1. The Hall–Kier alpha value is -0.390. The molecular formula is C9H10BrNO2S. The van der Waals surface area contributed by atoms with Crippen LogP contribution in [0.5, 0.6) is 0 Å². The van der Waals surface area contributed by atoms with Gasteiger partial charge in [0.1, 0.15) is 0 Å². The van der Waals surface area contributed by atoms with Gasteiger partial charge in [-0.2, -0.15) is 0 Å². The van der Waals surface area contributed by atoms with Gasteiger partial charge in [-0.25, -0.2) is 0 Å². The van der Waals surface area contributed by atoms with Crippen molar-refractivity contribution >= 4 is 33.2 Å². The monoisotopic (exact) mass is 275 g/mol. The minimum Gasteiger partial charge on any atom is -0.379 e. The van der Waals surface area contributed by atoms with Gasteiger partial charge in [0.15, 0.2) is 0 Å². The quantitative estimate of drug-likeness (QED) is 0.897. The molecule has 0 saturated carbocycles. The molecule has 2 heterocycles. The van der Waals surface area contributed by atoms with Gasteiger partial charge in [0.2, 0.25) is 0 Å². The highest BCUT2D eigenvalue weighted by Crippen LogP contribution is 2.20. The predicted octanol–water partition coefficient (Wildman–Crippen LogP) is 2.03. The summed E-state index contributed by atoms with van der Waals surface area (Å²) < 4.78 is 6.15. The van der Waals surface area contributed by atoms with Gasteiger partial charge in [-0.1, -0.05) is 0 Å². The average molecular weight is 276 g/mol. The molecule has 76 valence electrons. The maximum Gasteiger partial charge on any atom is 0.252 e. The zero-order chi connectivity index (χ0) is 9.97. The third-order valence-corrected chi connectivity index (χ3v) is 3.60. The fraction of sp³-hybridized carbons (Fsp3) is 0.444. The minimum atomic E-state index is -0.0116. The Balaban J connectivity index is 1.95. The summed E-state index contributed by atoms with van der Waals surface area (Å²) in [5, 5.41) is 4.77. The lowest BCUT2D eigenvalue weighted by molar-refractivity contribution is 0.0930. The molecule has 1 amide bonds. The Kier molecular flexibility index (Phi) is 3.20. The number of carbonyl (C=O) groups excluding carboxylic acids is 1. The molecule has 0 aromatic carbocycles. The molecule has 0 spiro atoms. The second-order valence-electron chi connectivity index (χ2n) is 3.17. The first-order valence-electron chi connectivity index (χ1n) is 4.38. The van der Waals surface area contributed by atoms with E-state index in [1.807, 2.05) is 11.4 Å². The molecule has 1 saturated heterocycles. The van der Waals surface area contributed by atoms with E-state index in [9.17, 15) is 4.79 Å². The van der Waals surface area contributed by atoms with Crippen LogP contribution in [0.15, 0.2) is 15.2 Å². The van der Waals surface area contributed by atoms with Crippen molar-refractivity contribution in [3.8, 4) is 0 Å². The summed E-state index contributed by atoms with van der Waals surface area (Å²) in [6.45, 7) is 1.38. The Morgan fingerprint density at radius 3 is 3.14 bits per heavy atom. The van der Waals surface area contributed by atoms with Crippen LogP contribution in [0.1, 0.15) is 16.8 Å². The summed E-state index contributed by atoms with van der Waals surface area (Å²) >= 11 is 4.84. The second kappa shape index (κ2) is 4.42. The van der Waals surface area contributed by atoms with Gasteiger partial charge in [0.05, 0.1) is 22.0 Å². The number of hydrogen-bond donors (Lipinski definition) is 1. The van der Waals surface area contributed by atoms with E-state index in [4.69, 9.17) is 4.74 Å². The average Bonchev–Trinajstić information content (AvgIpc) is 2.75. The predicted molar refractivity (Wildman–Crippen MR) is 58.7 cm³/mol. The molecule has 0 aliphatic carbocycles. The number of rotatable bonds is 2. The Morgan fingerprint density at radius 1 is 1.71 bits per heavy atom. The first-order chi connectivity index (χ1) is 6.75. The summed E-state index contributed by atoms with van der Waals surface area (Å²) in [5.41, 5.74) is 0.716. The van der Waals surface area contributed by atoms with Crippen LogP contribution < -0.4 is 5.32 Å². The Morgan fingerprint density at radius 2 is 2.57 bits per heavy atom. The van der Waals surface area contributed by atoms with E-state index in [1.165, 1.54) is 11.3 Å². The molecule has 0 radical (unpaired) electrons. The number of hydrogen-bond acceptors (Lipinski definition) is 3. The summed E-state index contributed by atoms with van der Waals surface area (Å²) in [4.78, 5) is 11.6. The van der Waals surface area contributed by atoms with Crippen molar-refractivity contribution in [3.05, 3.63) is 20.8 Å². The number of amides is 1. The van der Waals surface area contributed by atoms with Crippen LogP contribution in [0, 0.1) is 0 Å². The van der Waals surface area contributed by atoms with E-state index in [0.29, 0.717) is 12.2 Å². The molecular weight excluding hydrogens is 266 g/mol. The van der Waals surface area contributed by atoms with E-state index in [-0.39, 0.29) is 11.9 Å². The second-order valence-corrected chi connectivity index (χ2v) is 5.46. The van der Waals surface area contributed by atoms with E-state index in [2.05, 4.69) is 21.2 Å². The molecule has 2 rings (SSSR count). The van der Waals surface area contributed by atoms with Gasteiger partial charge >= 0.3 is 0 Å². The van der Waals surface area contributed by atoms with Crippen molar-refractivity contribution in [3.63, 3.8) is 0 Å². The smallest absolute Gasteiger partial charge is 0.252 e. The van der Waals surface area contributed by atoms with Gasteiger partial charge in [-0.15, -0.1) is 11.3 Å². The highest BCUT2D eigenvalue weighted by atomic mass is 79.9. The van der Waals surface area contributed by atoms with Crippen LogP contribution in [0.25, 0.3) is 0 Å².